The fourth-order valence-electron chi connectivity index (χ4n) is 4.33. The van der Waals surface area contributed by atoms with E-state index in [2.05, 4.69) is 10.8 Å². The number of piperidine rings is 1. The van der Waals surface area contributed by atoms with Gasteiger partial charge in [-0.3, -0.25) is 9.62 Å². The number of amides is 3. The summed E-state index contributed by atoms with van der Waals surface area (Å²) in [5.74, 6) is 0.620. The van der Waals surface area contributed by atoms with E-state index in [1.54, 1.807) is 33.9 Å². The van der Waals surface area contributed by atoms with Crippen molar-refractivity contribution in [2.75, 3.05) is 50.4 Å². The summed E-state index contributed by atoms with van der Waals surface area (Å²) in [7, 11) is 0. The van der Waals surface area contributed by atoms with Gasteiger partial charge in [0, 0.05) is 50.9 Å². The van der Waals surface area contributed by atoms with Crippen molar-refractivity contribution in [1.29, 1.82) is 5.26 Å². The molecule has 3 rings (SSSR count). The molecule has 0 bridgehead atoms. The summed E-state index contributed by atoms with van der Waals surface area (Å²) in [6.07, 6.45) is 3.43. The second kappa shape index (κ2) is 11.1. The SMILES string of the molecule is CSNCC1CN(CC2CCN(C(=O)OC(C)(C)C)CC2)C(=O)N(c2cccc(C#N)c2)C1. The maximum Gasteiger partial charge on any atom is 0.410 e. The highest BCUT2D eigenvalue weighted by Gasteiger charge is 2.35. The van der Waals surface area contributed by atoms with Crippen LogP contribution >= 0.6 is 11.9 Å². The van der Waals surface area contributed by atoms with Crippen LogP contribution < -0.4 is 9.62 Å². The van der Waals surface area contributed by atoms with E-state index >= 15 is 0 Å². The molecule has 180 valence electrons. The first-order valence-electron chi connectivity index (χ1n) is 11.5. The first-order valence-corrected chi connectivity index (χ1v) is 12.7. The molecule has 8 nitrogen and oxygen atoms in total. The molecule has 2 fully saturated rings. The summed E-state index contributed by atoms with van der Waals surface area (Å²) in [6.45, 7) is 9.71. The third kappa shape index (κ3) is 7.02. The van der Waals surface area contributed by atoms with Crippen molar-refractivity contribution in [2.24, 2.45) is 11.8 Å². The molecule has 0 radical (unpaired) electrons. The van der Waals surface area contributed by atoms with Crippen LogP contribution in [-0.4, -0.2) is 73.0 Å². The van der Waals surface area contributed by atoms with E-state index in [1.807, 2.05) is 44.1 Å². The number of carbonyl (C=O) groups is 2. The van der Waals surface area contributed by atoms with Crippen LogP contribution in [0, 0.1) is 23.2 Å². The third-order valence-corrected chi connectivity index (χ3v) is 6.42. The molecule has 2 aliphatic rings. The number of nitrogens with one attached hydrogen (secondary N) is 1. The van der Waals surface area contributed by atoms with Crippen LogP contribution in [0.5, 0.6) is 0 Å². The molecule has 33 heavy (non-hydrogen) atoms. The fraction of sp³-hybridized carbons (Fsp3) is 0.625. The average Bonchev–Trinajstić information content (AvgIpc) is 2.78. The van der Waals surface area contributed by atoms with Crippen molar-refractivity contribution in [3.63, 3.8) is 0 Å². The molecule has 0 saturated carbocycles. The molecule has 0 spiro atoms. The fourth-order valence-corrected chi connectivity index (χ4v) is 4.74. The van der Waals surface area contributed by atoms with E-state index in [1.165, 1.54) is 0 Å². The Morgan fingerprint density at radius 3 is 2.61 bits per heavy atom. The number of nitriles is 1. The second-order valence-electron chi connectivity index (χ2n) is 9.79. The van der Waals surface area contributed by atoms with Crippen molar-refractivity contribution in [3.8, 4) is 6.07 Å². The number of ether oxygens (including phenoxy) is 1. The zero-order valence-electron chi connectivity index (χ0n) is 20.0. The van der Waals surface area contributed by atoms with Gasteiger partial charge in [0.15, 0.2) is 0 Å². The van der Waals surface area contributed by atoms with Crippen LogP contribution in [-0.2, 0) is 4.74 Å². The van der Waals surface area contributed by atoms with E-state index in [0.717, 1.165) is 25.1 Å². The molecule has 0 aromatic heterocycles. The molecule has 2 saturated heterocycles. The van der Waals surface area contributed by atoms with Gasteiger partial charge in [0.1, 0.15) is 5.60 Å². The Balaban J connectivity index is 1.65. The first kappa shape index (κ1) is 25.2. The summed E-state index contributed by atoms with van der Waals surface area (Å²) < 4.78 is 8.83. The van der Waals surface area contributed by atoms with Gasteiger partial charge >= 0.3 is 12.1 Å². The van der Waals surface area contributed by atoms with Crippen LogP contribution in [0.2, 0.25) is 0 Å². The molecule has 1 atom stereocenters. The number of hydrogen-bond acceptors (Lipinski definition) is 6. The number of nitrogens with zero attached hydrogens (tertiary/aromatic N) is 4. The van der Waals surface area contributed by atoms with Gasteiger partial charge in [-0.1, -0.05) is 18.0 Å². The second-order valence-corrected chi connectivity index (χ2v) is 10.5. The predicted octanol–water partition coefficient (Wildman–Crippen LogP) is 3.93. The molecule has 2 aliphatic heterocycles. The number of benzene rings is 1. The lowest BCUT2D eigenvalue weighted by Crippen LogP contribution is -2.56. The molecular weight excluding hydrogens is 438 g/mol. The summed E-state index contributed by atoms with van der Waals surface area (Å²) in [5.41, 5.74) is 0.809. The predicted molar refractivity (Wildman–Crippen MR) is 131 cm³/mol. The van der Waals surface area contributed by atoms with Crippen LogP contribution in [0.15, 0.2) is 24.3 Å². The minimum absolute atomic E-state index is 0.0138. The largest absolute Gasteiger partial charge is 0.444 e. The Morgan fingerprint density at radius 2 is 1.97 bits per heavy atom. The van der Waals surface area contributed by atoms with Crippen molar-refractivity contribution in [2.45, 2.75) is 39.2 Å². The van der Waals surface area contributed by atoms with Gasteiger partial charge in [-0.25, -0.2) is 9.59 Å². The van der Waals surface area contributed by atoms with Crippen LogP contribution in [0.25, 0.3) is 0 Å². The lowest BCUT2D eigenvalue weighted by molar-refractivity contribution is 0.0171. The van der Waals surface area contributed by atoms with E-state index in [-0.39, 0.29) is 18.0 Å². The number of rotatable bonds is 6. The highest BCUT2D eigenvalue weighted by Crippen LogP contribution is 2.27. The average molecular weight is 474 g/mol. The van der Waals surface area contributed by atoms with E-state index in [9.17, 15) is 14.9 Å². The molecule has 3 amide bonds. The first-order chi connectivity index (χ1) is 15.7. The number of likely N-dealkylation sites (tertiary alicyclic amines) is 1. The van der Waals surface area contributed by atoms with Gasteiger partial charge < -0.3 is 14.5 Å². The Morgan fingerprint density at radius 1 is 1.24 bits per heavy atom. The number of urea groups is 1. The lowest BCUT2D eigenvalue weighted by Gasteiger charge is -2.42. The molecule has 1 N–H and O–H groups in total. The van der Waals surface area contributed by atoms with Crippen molar-refractivity contribution < 1.29 is 14.3 Å². The van der Waals surface area contributed by atoms with E-state index in [4.69, 9.17) is 4.74 Å². The molecule has 1 unspecified atom stereocenters. The lowest BCUT2D eigenvalue weighted by atomic mass is 9.95. The van der Waals surface area contributed by atoms with Crippen LogP contribution in [0.3, 0.4) is 0 Å². The molecular formula is C24H35N5O3S. The molecule has 1 aromatic rings. The van der Waals surface area contributed by atoms with Crippen molar-refractivity contribution >= 4 is 29.8 Å². The maximum absolute atomic E-state index is 13.4. The highest BCUT2D eigenvalue weighted by atomic mass is 32.2. The summed E-state index contributed by atoms with van der Waals surface area (Å²) >= 11 is 1.58. The third-order valence-electron chi connectivity index (χ3n) is 5.97. The normalized spacial score (nSPS) is 20.0. The molecule has 2 heterocycles. The van der Waals surface area contributed by atoms with Gasteiger partial charge in [-0.2, -0.15) is 5.26 Å². The van der Waals surface area contributed by atoms with Gasteiger partial charge in [0.2, 0.25) is 0 Å². The maximum atomic E-state index is 13.4. The zero-order valence-corrected chi connectivity index (χ0v) is 20.9. The van der Waals surface area contributed by atoms with Crippen LogP contribution in [0.1, 0.15) is 39.2 Å². The quantitative estimate of drug-likeness (QED) is 0.630. The summed E-state index contributed by atoms with van der Waals surface area (Å²) in [4.78, 5) is 31.3. The van der Waals surface area contributed by atoms with Crippen LogP contribution in [0.4, 0.5) is 15.3 Å². The van der Waals surface area contributed by atoms with E-state index in [0.29, 0.717) is 44.2 Å². The topological polar surface area (TPSA) is 88.9 Å². The smallest absolute Gasteiger partial charge is 0.410 e. The number of anilines is 1. The standard InChI is InChI=1S/C24H35N5O3S/c1-24(2,3)32-23(31)27-10-8-18(9-11-27)15-28-16-20(14-26-33-4)17-29(22(28)30)21-7-5-6-19(12-21)13-25/h5-7,12,18,20,26H,8-11,14-17H2,1-4H3. The monoisotopic (exact) mass is 473 g/mol. The van der Waals surface area contributed by atoms with Gasteiger partial charge in [-0.15, -0.1) is 0 Å². The van der Waals surface area contributed by atoms with Crippen molar-refractivity contribution in [3.05, 3.63) is 29.8 Å². The Bertz CT molecular complexity index is 874. The summed E-state index contributed by atoms with van der Waals surface area (Å²) in [5, 5.41) is 9.27. The zero-order chi connectivity index (χ0) is 24.0. The Hall–Kier alpha value is -2.44. The van der Waals surface area contributed by atoms with Gasteiger partial charge in [0.25, 0.3) is 0 Å². The Kier molecular flexibility index (Phi) is 8.49. The van der Waals surface area contributed by atoms with Gasteiger partial charge in [0.05, 0.1) is 11.6 Å². The van der Waals surface area contributed by atoms with Gasteiger partial charge in [-0.05, 0) is 64.0 Å². The minimum atomic E-state index is -0.500. The Labute approximate surface area is 201 Å². The number of hydrogen-bond donors (Lipinski definition) is 1. The highest BCUT2D eigenvalue weighted by molar-refractivity contribution is 7.96. The van der Waals surface area contributed by atoms with Crippen molar-refractivity contribution in [1.82, 2.24) is 14.5 Å². The summed E-state index contributed by atoms with van der Waals surface area (Å²) in [6, 6.07) is 9.39. The minimum Gasteiger partial charge on any atom is -0.444 e. The molecule has 1 aromatic carbocycles. The molecule has 9 heteroatoms. The number of carbonyl (C=O) groups excluding carboxylic acids is 2. The molecule has 0 aliphatic carbocycles. The van der Waals surface area contributed by atoms with E-state index < -0.39 is 5.60 Å².